The summed E-state index contributed by atoms with van der Waals surface area (Å²) >= 11 is 0. The first-order chi connectivity index (χ1) is 11.2. The second-order valence-electron chi connectivity index (χ2n) is 6.21. The van der Waals surface area contributed by atoms with Crippen molar-refractivity contribution in [1.29, 1.82) is 0 Å². The Morgan fingerprint density at radius 2 is 1.60 bits per heavy atom. The van der Waals surface area contributed by atoms with Gasteiger partial charge in [0, 0.05) is 32.7 Å². The Hall–Kier alpha value is -1.04. The summed E-state index contributed by atoms with van der Waals surface area (Å²) in [5.41, 5.74) is 0. The topological polar surface area (TPSA) is 35.9 Å². The summed E-state index contributed by atoms with van der Waals surface area (Å²) in [6.45, 7) is 8.58. The van der Waals surface area contributed by atoms with Crippen LogP contribution in [-0.2, 0) is 0 Å². The summed E-state index contributed by atoms with van der Waals surface area (Å²) in [4.78, 5) is 4.76. The van der Waals surface area contributed by atoms with Gasteiger partial charge in [-0.15, -0.1) is 0 Å². The minimum absolute atomic E-state index is 0. The lowest BCUT2D eigenvalue weighted by atomic mass is 10.1. The van der Waals surface area contributed by atoms with Gasteiger partial charge in [-0.2, -0.15) is 0 Å². The average Bonchev–Trinajstić information content (AvgIpc) is 2.60. The summed E-state index contributed by atoms with van der Waals surface area (Å²) in [7, 11) is 0. The van der Waals surface area contributed by atoms with Crippen LogP contribution in [0, 0.1) is 0 Å². The Kier molecular flexibility index (Phi) is 9.54. The molecule has 2 aromatic carbocycles. The van der Waals surface area contributed by atoms with E-state index in [2.05, 4.69) is 34.9 Å². The van der Waals surface area contributed by atoms with Gasteiger partial charge in [-0.1, -0.05) is 37.3 Å². The van der Waals surface area contributed by atoms with Crippen LogP contribution in [0.25, 0.3) is 10.8 Å². The number of fused-ring (bicyclic) bond motifs is 1. The summed E-state index contributed by atoms with van der Waals surface area (Å²) in [6.07, 6.45) is -0.449. The zero-order chi connectivity index (χ0) is 16.1. The molecule has 1 N–H and O–H groups in total. The molecule has 1 aliphatic heterocycles. The van der Waals surface area contributed by atoms with E-state index in [0.29, 0.717) is 13.2 Å². The number of ether oxygens (including phenoxy) is 1. The molecule has 1 aliphatic rings. The highest BCUT2D eigenvalue weighted by Gasteiger charge is 2.18. The highest BCUT2D eigenvalue weighted by molar-refractivity contribution is 5.83. The van der Waals surface area contributed by atoms with E-state index < -0.39 is 6.10 Å². The second-order valence-corrected chi connectivity index (χ2v) is 6.21. The van der Waals surface area contributed by atoms with Crippen molar-refractivity contribution in [3.8, 4) is 5.75 Å². The standard InChI is InChI=1S/C19H26N2O2.2ClH/c1-2-20-9-11-21(12-10-20)14-18(22)15-23-19-8-7-16-5-3-4-6-17(16)13-19;;/h3-8,13,18,22H,2,9-12,14-15H2,1H3;2*1H/p-2. The minimum atomic E-state index is -0.449. The van der Waals surface area contributed by atoms with Crippen molar-refractivity contribution in [3.05, 3.63) is 42.5 Å². The number of hydrogen-bond acceptors (Lipinski definition) is 4. The van der Waals surface area contributed by atoms with Gasteiger partial charge in [-0.25, -0.2) is 0 Å². The molecule has 1 unspecified atom stereocenters. The normalized spacial score (nSPS) is 16.7. The van der Waals surface area contributed by atoms with Crippen molar-refractivity contribution < 1.29 is 34.7 Å². The summed E-state index contributed by atoms with van der Waals surface area (Å²) in [6, 6.07) is 14.3. The van der Waals surface area contributed by atoms with E-state index in [1.54, 1.807) is 0 Å². The number of aliphatic hydroxyl groups excluding tert-OH is 1. The lowest BCUT2D eigenvalue weighted by Crippen LogP contribution is -3.00. The highest BCUT2D eigenvalue weighted by Crippen LogP contribution is 2.20. The van der Waals surface area contributed by atoms with Gasteiger partial charge >= 0.3 is 0 Å². The van der Waals surface area contributed by atoms with Crippen molar-refractivity contribution in [2.45, 2.75) is 13.0 Å². The molecule has 6 heteroatoms. The number of hydrogen-bond donors (Lipinski definition) is 1. The fourth-order valence-electron chi connectivity index (χ4n) is 3.09. The molecule has 0 bridgehead atoms. The van der Waals surface area contributed by atoms with Crippen LogP contribution in [0.1, 0.15) is 6.92 Å². The molecular weight excluding hydrogens is 359 g/mol. The van der Waals surface area contributed by atoms with Crippen LogP contribution in [0.2, 0.25) is 0 Å². The summed E-state index contributed by atoms with van der Waals surface area (Å²) in [5.74, 6) is 0.818. The zero-order valence-corrected chi connectivity index (χ0v) is 16.1. The summed E-state index contributed by atoms with van der Waals surface area (Å²) < 4.78 is 5.77. The van der Waals surface area contributed by atoms with Gasteiger partial charge in [0.1, 0.15) is 18.5 Å². The molecule has 2 aromatic rings. The number of rotatable bonds is 6. The van der Waals surface area contributed by atoms with E-state index in [1.807, 2.05) is 24.3 Å². The molecule has 25 heavy (non-hydrogen) atoms. The molecule has 3 rings (SSSR count). The molecule has 4 nitrogen and oxygen atoms in total. The van der Waals surface area contributed by atoms with Gasteiger partial charge in [0.15, 0.2) is 0 Å². The van der Waals surface area contributed by atoms with E-state index in [9.17, 15) is 5.11 Å². The predicted octanol–water partition coefficient (Wildman–Crippen LogP) is -3.77. The molecule has 0 aliphatic carbocycles. The van der Waals surface area contributed by atoms with Gasteiger partial charge in [-0.05, 0) is 29.4 Å². The molecule has 0 saturated carbocycles. The number of likely N-dealkylation sites (N-methyl/N-ethyl adjacent to an activating group) is 1. The number of halogens is 2. The number of aliphatic hydroxyl groups is 1. The monoisotopic (exact) mass is 384 g/mol. The van der Waals surface area contributed by atoms with Crippen molar-refractivity contribution in [2.24, 2.45) is 0 Å². The smallest absolute Gasteiger partial charge is 0.120 e. The quantitative estimate of drug-likeness (QED) is 0.554. The number of piperazine rings is 1. The van der Waals surface area contributed by atoms with E-state index >= 15 is 0 Å². The second kappa shape index (κ2) is 10.8. The third kappa shape index (κ3) is 6.32. The van der Waals surface area contributed by atoms with E-state index in [0.717, 1.165) is 43.9 Å². The van der Waals surface area contributed by atoms with Gasteiger partial charge in [0.05, 0.1) is 0 Å². The maximum Gasteiger partial charge on any atom is 0.120 e. The van der Waals surface area contributed by atoms with E-state index in [4.69, 9.17) is 4.74 Å². The number of β-amino-alcohol motifs (C(OH)–C–C–N with tert-alkyl or cyclic N) is 1. The molecule has 0 radical (unpaired) electrons. The first-order valence-electron chi connectivity index (χ1n) is 8.49. The third-order valence-electron chi connectivity index (χ3n) is 4.54. The molecule has 1 saturated heterocycles. The summed E-state index contributed by atoms with van der Waals surface area (Å²) in [5, 5.41) is 12.6. The first-order valence-corrected chi connectivity index (χ1v) is 8.49. The van der Waals surface area contributed by atoms with Crippen LogP contribution in [-0.4, -0.2) is 66.9 Å². The molecule has 0 aromatic heterocycles. The Morgan fingerprint density at radius 1 is 0.960 bits per heavy atom. The Bertz CT molecular complexity index is 634. The highest BCUT2D eigenvalue weighted by atomic mass is 35.5. The lowest BCUT2D eigenvalue weighted by Gasteiger charge is -2.34. The van der Waals surface area contributed by atoms with Crippen molar-refractivity contribution >= 4 is 10.8 Å². The third-order valence-corrected chi connectivity index (χ3v) is 4.54. The zero-order valence-electron chi connectivity index (χ0n) is 14.6. The first kappa shape index (κ1) is 22.0. The van der Waals surface area contributed by atoms with Crippen molar-refractivity contribution in [2.75, 3.05) is 45.9 Å². The largest absolute Gasteiger partial charge is 1.00 e. The van der Waals surface area contributed by atoms with E-state index in [1.165, 1.54) is 5.39 Å². The molecule has 1 atom stereocenters. The predicted molar refractivity (Wildman–Crippen MR) is 94.0 cm³/mol. The maximum atomic E-state index is 10.2. The fraction of sp³-hybridized carbons (Fsp3) is 0.474. The van der Waals surface area contributed by atoms with Gasteiger partial charge in [0.2, 0.25) is 0 Å². The van der Waals surface area contributed by atoms with E-state index in [-0.39, 0.29) is 24.8 Å². The van der Waals surface area contributed by atoms with Crippen LogP contribution in [0.3, 0.4) is 0 Å². The van der Waals surface area contributed by atoms with Gasteiger partial charge in [0.25, 0.3) is 0 Å². The van der Waals surface area contributed by atoms with Crippen LogP contribution in [0.15, 0.2) is 42.5 Å². The maximum absolute atomic E-state index is 10.2. The SMILES string of the molecule is CCN1CCN(CC(O)COc2ccc3ccccc3c2)CC1.[Cl-].[Cl-]. The van der Waals surface area contributed by atoms with Crippen LogP contribution < -0.4 is 29.6 Å². The molecule has 0 spiro atoms. The van der Waals surface area contributed by atoms with Crippen LogP contribution in [0.5, 0.6) is 5.75 Å². The average molecular weight is 385 g/mol. The minimum Gasteiger partial charge on any atom is -1.00 e. The number of benzene rings is 2. The van der Waals surface area contributed by atoms with Gasteiger partial charge < -0.3 is 39.6 Å². The molecule has 1 heterocycles. The van der Waals surface area contributed by atoms with Crippen LogP contribution in [0.4, 0.5) is 0 Å². The Balaban J connectivity index is 0.00000156. The van der Waals surface area contributed by atoms with Gasteiger partial charge in [-0.3, -0.25) is 4.90 Å². The van der Waals surface area contributed by atoms with Crippen LogP contribution >= 0.6 is 0 Å². The lowest BCUT2D eigenvalue weighted by molar-refractivity contribution is -0.00100. The molecule has 1 fully saturated rings. The van der Waals surface area contributed by atoms with Crippen molar-refractivity contribution in [1.82, 2.24) is 9.80 Å². The van der Waals surface area contributed by atoms with Crippen molar-refractivity contribution in [3.63, 3.8) is 0 Å². The fourth-order valence-corrected chi connectivity index (χ4v) is 3.09. The molecular formula is C19H26Cl2N2O2-2. The Labute approximate surface area is 162 Å². The number of nitrogens with zero attached hydrogens (tertiary/aromatic N) is 2. The molecule has 140 valence electrons. The Morgan fingerprint density at radius 3 is 2.28 bits per heavy atom. The molecule has 0 amide bonds.